The third kappa shape index (κ3) is 1.99. The lowest BCUT2D eigenvalue weighted by molar-refractivity contribution is 0.232. The lowest BCUT2D eigenvalue weighted by atomic mass is 10.1. The summed E-state index contributed by atoms with van der Waals surface area (Å²) in [5, 5.41) is 0. The molecule has 0 aromatic rings. The van der Waals surface area contributed by atoms with Crippen LogP contribution in [0.15, 0.2) is 12.7 Å². The van der Waals surface area contributed by atoms with Crippen LogP contribution in [0.25, 0.3) is 0 Å². The Morgan fingerprint density at radius 3 is 2.40 bits per heavy atom. The highest BCUT2D eigenvalue weighted by Crippen LogP contribution is 2.14. The predicted molar refractivity (Wildman–Crippen MR) is 45.3 cm³/mol. The Hall–Kier alpha value is -0.0100. The van der Waals surface area contributed by atoms with Crippen LogP contribution in [-0.4, -0.2) is 23.5 Å². The van der Waals surface area contributed by atoms with E-state index in [4.69, 9.17) is 11.6 Å². The van der Waals surface area contributed by atoms with E-state index in [1.807, 2.05) is 0 Å². The minimum atomic E-state index is 0.0558. The summed E-state index contributed by atoms with van der Waals surface area (Å²) in [7, 11) is 0. The second-order valence-electron chi connectivity index (χ2n) is 2.70. The Balaban J connectivity index is 2.30. The molecule has 1 rings (SSSR count). The van der Waals surface area contributed by atoms with Crippen LogP contribution < -0.4 is 0 Å². The molecule has 1 aliphatic rings. The van der Waals surface area contributed by atoms with Crippen LogP contribution in [0, 0.1) is 0 Å². The van der Waals surface area contributed by atoms with Crippen LogP contribution >= 0.6 is 11.6 Å². The molecule has 0 aliphatic carbocycles. The monoisotopic (exact) mass is 159 g/mol. The lowest BCUT2D eigenvalue weighted by Crippen LogP contribution is -2.34. The van der Waals surface area contributed by atoms with Gasteiger partial charge in [0.05, 0.1) is 0 Å². The molecule has 0 aromatic carbocycles. The summed E-state index contributed by atoms with van der Waals surface area (Å²) in [6, 6.07) is 0. The highest BCUT2D eigenvalue weighted by Gasteiger charge is 2.14. The van der Waals surface area contributed by atoms with E-state index < -0.39 is 0 Å². The molecule has 1 saturated heterocycles. The second-order valence-corrected chi connectivity index (χ2v) is 3.15. The van der Waals surface area contributed by atoms with Crippen LogP contribution in [0.3, 0.4) is 0 Å². The van der Waals surface area contributed by atoms with Crippen molar-refractivity contribution in [1.29, 1.82) is 0 Å². The van der Waals surface area contributed by atoms with Crippen LogP contribution in [0.1, 0.15) is 19.3 Å². The zero-order valence-electron chi connectivity index (χ0n) is 6.22. The number of rotatable bonds is 2. The number of hydrogen-bond acceptors (Lipinski definition) is 1. The van der Waals surface area contributed by atoms with E-state index in [0.29, 0.717) is 0 Å². The van der Waals surface area contributed by atoms with Crippen molar-refractivity contribution in [3.63, 3.8) is 0 Å². The summed E-state index contributed by atoms with van der Waals surface area (Å²) < 4.78 is 0. The van der Waals surface area contributed by atoms with Gasteiger partial charge in [-0.05, 0) is 25.9 Å². The molecular weight excluding hydrogens is 146 g/mol. The molecule has 1 atom stereocenters. The van der Waals surface area contributed by atoms with E-state index >= 15 is 0 Å². The first-order valence-electron chi connectivity index (χ1n) is 3.85. The maximum Gasteiger partial charge on any atom is 0.103 e. The van der Waals surface area contributed by atoms with Crippen molar-refractivity contribution in [2.75, 3.05) is 13.1 Å². The van der Waals surface area contributed by atoms with Crippen LogP contribution in [0.4, 0.5) is 0 Å². The first-order chi connectivity index (χ1) is 4.84. The van der Waals surface area contributed by atoms with E-state index in [2.05, 4.69) is 11.5 Å². The van der Waals surface area contributed by atoms with E-state index in [-0.39, 0.29) is 5.50 Å². The van der Waals surface area contributed by atoms with Crippen molar-refractivity contribution < 1.29 is 0 Å². The molecule has 1 fully saturated rings. The summed E-state index contributed by atoms with van der Waals surface area (Å²) in [5.74, 6) is 0. The Morgan fingerprint density at radius 1 is 1.30 bits per heavy atom. The zero-order chi connectivity index (χ0) is 7.40. The standard InChI is InChI=1S/C8H14ClN/c1-2-8(9)10-6-4-3-5-7-10/h2,8H,1,3-7H2. The molecule has 0 bridgehead atoms. The normalized spacial score (nSPS) is 24.1. The molecule has 10 heavy (non-hydrogen) atoms. The Kier molecular flexibility index (Phi) is 3.23. The third-order valence-corrected chi connectivity index (χ3v) is 2.39. The van der Waals surface area contributed by atoms with Gasteiger partial charge in [0.2, 0.25) is 0 Å². The van der Waals surface area contributed by atoms with Gasteiger partial charge in [0, 0.05) is 0 Å². The molecule has 0 aromatic heterocycles. The first-order valence-corrected chi connectivity index (χ1v) is 4.29. The van der Waals surface area contributed by atoms with Gasteiger partial charge in [0.1, 0.15) is 5.50 Å². The first kappa shape index (κ1) is 8.09. The van der Waals surface area contributed by atoms with Gasteiger partial charge >= 0.3 is 0 Å². The largest absolute Gasteiger partial charge is 0.284 e. The number of likely N-dealkylation sites (tertiary alicyclic amines) is 1. The highest BCUT2D eigenvalue weighted by molar-refractivity contribution is 6.21. The van der Waals surface area contributed by atoms with Crippen molar-refractivity contribution in [2.24, 2.45) is 0 Å². The Morgan fingerprint density at radius 2 is 1.90 bits per heavy atom. The van der Waals surface area contributed by atoms with Gasteiger partial charge in [-0.3, -0.25) is 4.90 Å². The fourth-order valence-corrected chi connectivity index (χ4v) is 1.51. The summed E-state index contributed by atoms with van der Waals surface area (Å²) in [4.78, 5) is 2.26. The summed E-state index contributed by atoms with van der Waals surface area (Å²) in [5.41, 5.74) is 0.0558. The topological polar surface area (TPSA) is 3.24 Å². The van der Waals surface area contributed by atoms with E-state index in [0.717, 1.165) is 13.1 Å². The molecule has 0 spiro atoms. The molecule has 1 nitrogen and oxygen atoms in total. The van der Waals surface area contributed by atoms with E-state index in [1.54, 1.807) is 6.08 Å². The van der Waals surface area contributed by atoms with Gasteiger partial charge in [0.15, 0.2) is 0 Å². The maximum absolute atomic E-state index is 5.95. The Bertz CT molecular complexity index is 108. The average molecular weight is 160 g/mol. The quantitative estimate of drug-likeness (QED) is 0.339. The van der Waals surface area contributed by atoms with Crippen molar-refractivity contribution in [1.82, 2.24) is 4.90 Å². The van der Waals surface area contributed by atoms with Crippen molar-refractivity contribution >= 4 is 11.6 Å². The molecular formula is C8H14ClN. The van der Waals surface area contributed by atoms with Gasteiger partial charge in [0.25, 0.3) is 0 Å². The van der Waals surface area contributed by atoms with Gasteiger partial charge < -0.3 is 0 Å². The average Bonchev–Trinajstić information content (AvgIpc) is 2.05. The molecule has 1 unspecified atom stereocenters. The fourth-order valence-electron chi connectivity index (χ4n) is 1.31. The van der Waals surface area contributed by atoms with Crippen molar-refractivity contribution in [3.8, 4) is 0 Å². The van der Waals surface area contributed by atoms with Gasteiger partial charge in [-0.15, -0.1) is 18.2 Å². The zero-order valence-corrected chi connectivity index (χ0v) is 6.98. The minimum Gasteiger partial charge on any atom is -0.284 e. The molecule has 0 radical (unpaired) electrons. The predicted octanol–water partition coefficient (Wildman–Crippen LogP) is 2.22. The van der Waals surface area contributed by atoms with E-state index in [9.17, 15) is 0 Å². The maximum atomic E-state index is 5.95. The summed E-state index contributed by atoms with van der Waals surface area (Å²) in [6.45, 7) is 5.94. The molecule has 1 heterocycles. The number of nitrogens with zero attached hydrogens (tertiary/aromatic N) is 1. The summed E-state index contributed by atoms with van der Waals surface area (Å²) in [6.07, 6.45) is 5.73. The number of halogens is 1. The number of piperidine rings is 1. The summed E-state index contributed by atoms with van der Waals surface area (Å²) >= 11 is 5.95. The van der Waals surface area contributed by atoms with Gasteiger partial charge in [-0.2, -0.15) is 0 Å². The molecule has 0 amide bonds. The highest BCUT2D eigenvalue weighted by atomic mass is 35.5. The molecule has 0 saturated carbocycles. The molecule has 0 N–H and O–H groups in total. The van der Waals surface area contributed by atoms with Crippen LogP contribution in [0.5, 0.6) is 0 Å². The lowest BCUT2D eigenvalue weighted by Gasteiger charge is -2.28. The SMILES string of the molecule is C=CC(Cl)N1CCCCC1. The molecule has 58 valence electrons. The van der Waals surface area contributed by atoms with E-state index in [1.165, 1.54) is 19.3 Å². The minimum absolute atomic E-state index is 0.0558. The fraction of sp³-hybridized carbons (Fsp3) is 0.750. The Labute approximate surface area is 67.7 Å². The molecule has 2 heteroatoms. The van der Waals surface area contributed by atoms with Crippen LogP contribution in [-0.2, 0) is 0 Å². The van der Waals surface area contributed by atoms with Crippen molar-refractivity contribution in [2.45, 2.75) is 24.8 Å². The van der Waals surface area contributed by atoms with Gasteiger partial charge in [-0.1, -0.05) is 12.5 Å². The smallest absolute Gasteiger partial charge is 0.103 e. The number of alkyl halides is 1. The van der Waals surface area contributed by atoms with Gasteiger partial charge in [-0.25, -0.2) is 0 Å². The second kappa shape index (κ2) is 3.99. The van der Waals surface area contributed by atoms with Crippen LogP contribution in [0.2, 0.25) is 0 Å². The van der Waals surface area contributed by atoms with Crippen molar-refractivity contribution in [3.05, 3.63) is 12.7 Å². The number of hydrogen-bond donors (Lipinski definition) is 0. The third-order valence-electron chi connectivity index (χ3n) is 1.93. The molecule has 1 aliphatic heterocycles.